The van der Waals surface area contributed by atoms with Crippen LogP contribution in [0.15, 0.2) is 60.7 Å². The van der Waals surface area contributed by atoms with Gasteiger partial charge in [-0.2, -0.15) is 0 Å². The van der Waals surface area contributed by atoms with Crippen molar-refractivity contribution in [3.8, 4) is 45.4 Å². The molecule has 10 nitrogen and oxygen atoms in total. The fourth-order valence-corrected chi connectivity index (χ4v) is 6.75. The monoisotopic (exact) mass is 668 g/mol. The lowest BCUT2D eigenvalue weighted by molar-refractivity contribution is -0.120. The van der Waals surface area contributed by atoms with Crippen molar-refractivity contribution in [2.45, 2.75) is 57.8 Å². The summed E-state index contributed by atoms with van der Waals surface area (Å²) >= 11 is 7.13. The Morgan fingerprint density at radius 3 is 1.69 bits per heavy atom. The summed E-state index contributed by atoms with van der Waals surface area (Å²) in [5.74, 6) is 1.30. The molecule has 6 rings (SSSR count). The number of benzene rings is 2. The summed E-state index contributed by atoms with van der Waals surface area (Å²) < 4.78 is 11.3. The molecule has 2 aliphatic rings. The number of rotatable bonds is 13. The number of methoxy groups -OCH3 is 2. The quantitative estimate of drug-likeness (QED) is 0.153. The Balaban J connectivity index is 1.20. The van der Waals surface area contributed by atoms with Crippen molar-refractivity contribution in [1.82, 2.24) is 31.2 Å². The third kappa shape index (κ3) is 7.46. The highest BCUT2D eigenvalue weighted by molar-refractivity contribution is 6.36. The normalized spacial score (nSPS) is 17.3. The van der Waals surface area contributed by atoms with E-state index in [1.165, 1.54) is 0 Å². The van der Waals surface area contributed by atoms with Crippen LogP contribution in [-0.4, -0.2) is 61.2 Å². The Morgan fingerprint density at radius 2 is 1.19 bits per heavy atom. The van der Waals surface area contributed by atoms with Crippen LogP contribution in [0.5, 0.6) is 11.8 Å². The number of aromatic nitrogens is 2. The Hall–Kier alpha value is -4.51. The van der Waals surface area contributed by atoms with E-state index in [9.17, 15) is 9.59 Å². The van der Waals surface area contributed by atoms with Crippen LogP contribution in [0.1, 0.15) is 42.4 Å². The highest BCUT2D eigenvalue weighted by atomic mass is 35.5. The maximum Gasteiger partial charge on any atom is 0.220 e. The second-order valence-electron chi connectivity index (χ2n) is 12.2. The van der Waals surface area contributed by atoms with E-state index in [0.717, 1.165) is 57.5 Å². The number of ether oxygens (including phenoxy) is 2. The molecule has 2 saturated heterocycles. The van der Waals surface area contributed by atoms with Gasteiger partial charge in [-0.25, -0.2) is 9.97 Å². The van der Waals surface area contributed by atoms with E-state index in [0.29, 0.717) is 61.5 Å². The van der Waals surface area contributed by atoms with Crippen molar-refractivity contribution in [3.63, 3.8) is 0 Å². The Bertz CT molecular complexity index is 1680. The molecule has 0 radical (unpaired) electrons. The van der Waals surface area contributed by atoms with Crippen LogP contribution in [0, 0.1) is 6.92 Å². The van der Waals surface area contributed by atoms with Crippen LogP contribution < -0.4 is 30.7 Å². The first kappa shape index (κ1) is 33.4. The molecule has 2 atom stereocenters. The molecule has 0 spiro atoms. The summed E-state index contributed by atoms with van der Waals surface area (Å²) in [6, 6.07) is 20.4. The van der Waals surface area contributed by atoms with Gasteiger partial charge in [0.05, 0.1) is 30.6 Å². The fraction of sp³-hybridized carbons (Fsp3) is 0.351. The van der Waals surface area contributed by atoms with Crippen molar-refractivity contribution >= 4 is 23.4 Å². The largest absolute Gasteiger partial charge is 0.481 e. The summed E-state index contributed by atoms with van der Waals surface area (Å²) in [4.78, 5) is 32.7. The first-order valence-electron chi connectivity index (χ1n) is 16.3. The van der Waals surface area contributed by atoms with Gasteiger partial charge in [-0.15, -0.1) is 0 Å². The molecule has 0 bridgehead atoms. The SMILES string of the molecule is COc1nc(-c2cccc(-c3cccc(-c4ccc(CNC[C@@H]5CCC(=O)N5)c(OC)n4)c3Cl)c2C)ccc1CNC[C@@H]1CCC(=O)N1. The van der Waals surface area contributed by atoms with Crippen molar-refractivity contribution in [3.05, 3.63) is 82.4 Å². The number of nitrogens with one attached hydrogen (secondary N) is 4. The van der Waals surface area contributed by atoms with Crippen LogP contribution in [0.3, 0.4) is 0 Å². The molecule has 4 heterocycles. The van der Waals surface area contributed by atoms with E-state index in [-0.39, 0.29) is 23.9 Å². The van der Waals surface area contributed by atoms with Crippen molar-refractivity contribution in [2.24, 2.45) is 0 Å². The number of hydrogen-bond acceptors (Lipinski definition) is 8. The van der Waals surface area contributed by atoms with Crippen LogP contribution in [0.4, 0.5) is 0 Å². The minimum atomic E-state index is 0.106. The zero-order valence-corrected chi connectivity index (χ0v) is 28.2. The number of carbonyl (C=O) groups excluding carboxylic acids is 2. The number of amides is 2. The van der Waals surface area contributed by atoms with Crippen molar-refractivity contribution in [1.29, 1.82) is 0 Å². The van der Waals surface area contributed by atoms with Gasteiger partial charge in [-0.1, -0.05) is 60.1 Å². The van der Waals surface area contributed by atoms with Crippen LogP contribution >= 0.6 is 11.6 Å². The van der Waals surface area contributed by atoms with Gasteiger partial charge in [0.1, 0.15) is 0 Å². The summed E-state index contributed by atoms with van der Waals surface area (Å²) in [6.07, 6.45) is 2.86. The zero-order chi connectivity index (χ0) is 33.6. The van der Waals surface area contributed by atoms with Gasteiger partial charge in [0.2, 0.25) is 23.6 Å². The standard InChI is InChI=1S/C37H41ClN6O4/c1-22-27(6-4-7-28(22)31-14-10-23(36(43-31)47-2)18-39-20-25-12-16-33(45)41-25)29-8-5-9-30(35(29)38)32-15-11-24(37(44-32)48-3)19-40-21-26-13-17-34(46)42-26/h4-11,14-15,25-26,39-40H,12-13,16-21H2,1-3H3,(H,41,45)(H,42,46)/t25-,26-/m0/s1. The van der Waals surface area contributed by atoms with Gasteiger partial charge in [-0.05, 0) is 43.0 Å². The molecule has 2 aromatic heterocycles. The highest BCUT2D eigenvalue weighted by Gasteiger charge is 2.22. The molecule has 0 aliphatic carbocycles. The summed E-state index contributed by atoms with van der Waals surface area (Å²) in [5.41, 5.74) is 8.10. The maximum atomic E-state index is 11.5. The molecule has 250 valence electrons. The zero-order valence-electron chi connectivity index (χ0n) is 27.5. The number of halogens is 1. The lowest BCUT2D eigenvalue weighted by Gasteiger charge is -2.17. The summed E-state index contributed by atoms with van der Waals surface area (Å²) in [5, 5.41) is 13.4. The molecule has 0 unspecified atom stereocenters. The van der Waals surface area contributed by atoms with Gasteiger partial charge < -0.3 is 30.7 Å². The third-order valence-corrected chi connectivity index (χ3v) is 9.43. The summed E-state index contributed by atoms with van der Waals surface area (Å²) in [6.45, 7) is 4.62. The van der Waals surface area contributed by atoms with Crippen LogP contribution in [-0.2, 0) is 22.7 Å². The average molecular weight is 669 g/mol. The van der Waals surface area contributed by atoms with Gasteiger partial charge in [0.25, 0.3) is 0 Å². The number of nitrogens with zero attached hydrogens (tertiary/aromatic N) is 2. The smallest absolute Gasteiger partial charge is 0.220 e. The van der Waals surface area contributed by atoms with E-state index in [4.69, 9.17) is 31.0 Å². The Morgan fingerprint density at radius 1 is 0.708 bits per heavy atom. The highest BCUT2D eigenvalue weighted by Crippen LogP contribution is 2.40. The van der Waals surface area contributed by atoms with Crippen LogP contribution in [0.25, 0.3) is 33.6 Å². The van der Waals surface area contributed by atoms with Gasteiger partial charge >= 0.3 is 0 Å². The molecule has 2 fully saturated rings. The van der Waals surface area contributed by atoms with E-state index in [1.54, 1.807) is 14.2 Å². The summed E-state index contributed by atoms with van der Waals surface area (Å²) in [7, 11) is 3.24. The molecule has 4 N–H and O–H groups in total. The molecule has 0 saturated carbocycles. The van der Waals surface area contributed by atoms with Gasteiger partial charge in [0, 0.05) is 78.9 Å². The predicted molar refractivity (Wildman–Crippen MR) is 187 cm³/mol. The molecule has 2 aliphatic heterocycles. The van der Waals surface area contributed by atoms with E-state index >= 15 is 0 Å². The third-order valence-electron chi connectivity index (χ3n) is 9.02. The topological polar surface area (TPSA) is 126 Å². The molecular formula is C37H41ClN6O4. The molecular weight excluding hydrogens is 628 g/mol. The minimum Gasteiger partial charge on any atom is -0.481 e. The number of carbonyl (C=O) groups is 2. The van der Waals surface area contributed by atoms with Crippen LogP contribution in [0.2, 0.25) is 5.02 Å². The Labute approximate surface area is 286 Å². The second kappa shape index (κ2) is 15.1. The lowest BCUT2D eigenvalue weighted by Crippen LogP contribution is -2.35. The first-order chi connectivity index (χ1) is 23.3. The molecule has 2 aromatic carbocycles. The minimum absolute atomic E-state index is 0.106. The fourth-order valence-electron chi connectivity index (χ4n) is 6.43. The van der Waals surface area contributed by atoms with E-state index in [1.807, 2.05) is 48.5 Å². The Kier molecular flexibility index (Phi) is 10.5. The van der Waals surface area contributed by atoms with Gasteiger partial charge in [0.15, 0.2) is 0 Å². The van der Waals surface area contributed by atoms with Gasteiger partial charge in [-0.3, -0.25) is 9.59 Å². The average Bonchev–Trinajstić information content (AvgIpc) is 3.72. The predicted octanol–water partition coefficient (Wildman–Crippen LogP) is 5.19. The molecule has 11 heteroatoms. The number of pyridine rings is 2. The first-order valence-corrected chi connectivity index (χ1v) is 16.7. The molecule has 2 amide bonds. The molecule has 4 aromatic rings. The second-order valence-corrected chi connectivity index (χ2v) is 12.6. The van der Waals surface area contributed by atoms with Crippen molar-refractivity contribution < 1.29 is 19.1 Å². The maximum absolute atomic E-state index is 11.5. The number of hydrogen-bond donors (Lipinski definition) is 4. The molecule has 48 heavy (non-hydrogen) atoms. The van der Waals surface area contributed by atoms with Crippen molar-refractivity contribution in [2.75, 3.05) is 27.3 Å². The van der Waals surface area contributed by atoms with E-state index < -0.39 is 0 Å². The van der Waals surface area contributed by atoms with E-state index in [2.05, 4.69) is 40.3 Å². The lowest BCUT2D eigenvalue weighted by atomic mass is 9.93.